The second-order valence-corrected chi connectivity index (χ2v) is 6.58. The summed E-state index contributed by atoms with van der Waals surface area (Å²) in [6.07, 6.45) is 0.719. The van der Waals surface area contributed by atoms with E-state index in [1.165, 1.54) is 0 Å². The fourth-order valence-corrected chi connectivity index (χ4v) is 3.32. The first-order chi connectivity index (χ1) is 11.1. The lowest BCUT2D eigenvalue weighted by molar-refractivity contribution is -0.126. The average Bonchev–Trinajstić information content (AvgIpc) is 2.99. The molecule has 1 amide bonds. The molecule has 23 heavy (non-hydrogen) atoms. The van der Waals surface area contributed by atoms with Crippen LogP contribution in [0.15, 0.2) is 23.6 Å². The number of benzene rings is 1. The number of thiazole rings is 1. The van der Waals surface area contributed by atoms with Gasteiger partial charge in [-0.3, -0.25) is 4.79 Å². The number of carbonyl (C=O) groups is 1. The summed E-state index contributed by atoms with van der Waals surface area (Å²) in [5, 5.41) is 12.1. The second-order valence-electron chi connectivity index (χ2n) is 5.52. The van der Waals surface area contributed by atoms with Crippen LogP contribution in [0.3, 0.4) is 0 Å². The quantitative estimate of drug-likeness (QED) is 0.914. The number of rotatable bonds is 5. The molecule has 1 aromatic carbocycles. The monoisotopic (exact) mass is 332 g/mol. The summed E-state index contributed by atoms with van der Waals surface area (Å²) in [5.74, 6) is 0.671. The Kier molecular flexibility index (Phi) is 4.63. The van der Waals surface area contributed by atoms with Crippen LogP contribution in [0, 0.1) is 6.92 Å². The van der Waals surface area contributed by atoms with Crippen molar-refractivity contribution in [2.75, 3.05) is 18.1 Å². The molecule has 1 aliphatic rings. The molecule has 1 aromatic heterocycles. The first-order valence-corrected chi connectivity index (χ1v) is 8.67. The molecule has 1 N–H and O–H groups in total. The summed E-state index contributed by atoms with van der Waals surface area (Å²) in [6.45, 7) is 4.45. The highest BCUT2D eigenvalue weighted by atomic mass is 32.1. The minimum atomic E-state index is -0.450. The highest BCUT2D eigenvalue weighted by Gasteiger charge is 2.33. The van der Waals surface area contributed by atoms with Gasteiger partial charge in [0.15, 0.2) is 6.10 Å². The van der Waals surface area contributed by atoms with E-state index in [9.17, 15) is 4.79 Å². The first kappa shape index (κ1) is 16.0. The molecule has 0 bridgehead atoms. The van der Waals surface area contributed by atoms with Gasteiger partial charge in [0.1, 0.15) is 5.75 Å². The van der Waals surface area contributed by atoms with E-state index in [1.54, 1.807) is 16.2 Å². The van der Waals surface area contributed by atoms with Crippen LogP contribution in [0.2, 0.25) is 0 Å². The smallest absolute Gasteiger partial charge is 0.268 e. The molecule has 1 unspecified atom stereocenters. The summed E-state index contributed by atoms with van der Waals surface area (Å²) >= 11 is 1.60. The predicted molar refractivity (Wildman–Crippen MR) is 91.0 cm³/mol. The van der Waals surface area contributed by atoms with Crippen molar-refractivity contribution in [3.63, 3.8) is 0 Å². The van der Waals surface area contributed by atoms with Crippen LogP contribution in [0.4, 0.5) is 5.69 Å². The van der Waals surface area contributed by atoms with E-state index in [4.69, 9.17) is 9.84 Å². The fourth-order valence-electron chi connectivity index (χ4n) is 2.70. The largest absolute Gasteiger partial charge is 0.478 e. The van der Waals surface area contributed by atoms with Gasteiger partial charge in [-0.2, -0.15) is 0 Å². The lowest BCUT2D eigenvalue weighted by atomic mass is 10.1. The molecule has 1 aliphatic heterocycles. The topological polar surface area (TPSA) is 62.7 Å². The van der Waals surface area contributed by atoms with Crippen molar-refractivity contribution < 1.29 is 14.6 Å². The van der Waals surface area contributed by atoms with Crippen LogP contribution >= 0.6 is 11.3 Å². The van der Waals surface area contributed by atoms with Crippen molar-refractivity contribution in [1.82, 2.24) is 4.98 Å². The van der Waals surface area contributed by atoms with Gasteiger partial charge in [0.25, 0.3) is 5.91 Å². The Labute approximate surface area is 139 Å². The number of hydrogen-bond acceptors (Lipinski definition) is 5. The Morgan fingerprint density at radius 3 is 2.91 bits per heavy atom. The third kappa shape index (κ3) is 3.09. The number of nitrogens with zero attached hydrogens (tertiary/aromatic N) is 2. The van der Waals surface area contributed by atoms with Gasteiger partial charge in [-0.1, -0.05) is 6.92 Å². The molecule has 3 rings (SSSR count). The van der Waals surface area contributed by atoms with Crippen LogP contribution in [0.1, 0.15) is 24.8 Å². The van der Waals surface area contributed by atoms with Crippen molar-refractivity contribution in [3.05, 3.63) is 28.6 Å². The first-order valence-electron chi connectivity index (χ1n) is 7.79. The van der Waals surface area contributed by atoms with Gasteiger partial charge in [0, 0.05) is 24.1 Å². The summed E-state index contributed by atoms with van der Waals surface area (Å²) in [6, 6.07) is 5.82. The minimum absolute atomic E-state index is 0.0416. The van der Waals surface area contributed by atoms with Crippen molar-refractivity contribution in [2.24, 2.45) is 0 Å². The zero-order chi connectivity index (χ0) is 16.4. The summed E-state index contributed by atoms with van der Waals surface area (Å²) < 4.78 is 5.83. The number of fused-ring (bicyclic) bond motifs is 1. The Balaban J connectivity index is 2.00. The van der Waals surface area contributed by atoms with E-state index in [1.807, 2.05) is 37.4 Å². The van der Waals surface area contributed by atoms with Gasteiger partial charge in [0.05, 0.1) is 16.4 Å². The highest BCUT2D eigenvalue weighted by Crippen LogP contribution is 2.38. The van der Waals surface area contributed by atoms with Gasteiger partial charge in [-0.15, -0.1) is 11.3 Å². The molecule has 0 saturated carbocycles. The number of aromatic nitrogens is 1. The van der Waals surface area contributed by atoms with Crippen molar-refractivity contribution in [3.8, 4) is 17.0 Å². The third-order valence-electron chi connectivity index (χ3n) is 3.89. The minimum Gasteiger partial charge on any atom is -0.478 e. The SMILES string of the molecule is CCC1Oc2ccc(-c3csc(C)n3)cc2N(CCCO)C1=O. The molecule has 1 atom stereocenters. The van der Waals surface area contributed by atoms with Gasteiger partial charge in [-0.25, -0.2) is 4.98 Å². The van der Waals surface area contributed by atoms with Crippen molar-refractivity contribution >= 4 is 22.9 Å². The van der Waals surface area contributed by atoms with E-state index in [-0.39, 0.29) is 12.5 Å². The van der Waals surface area contributed by atoms with Crippen LogP contribution in [-0.2, 0) is 4.79 Å². The molecular weight excluding hydrogens is 312 g/mol. The third-order valence-corrected chi connectivity index (χ3v) is 4.66. The number of aliphatic hydroxyl groups is 1. The predicted octanol–water partition coefficient (Wildman–Crippen LogP) is 3.00. The molecule has 0 fully saturated rings. The van der Waals surface area contributed by atoms with Crippen LogP contribution in [-0.4, -0.2) is 35.3 Å². The zero-order valence-corrected chi connectivity index (χ0v) is 14.1. The second kappa shape index (κ2) is 6.68. The molecule has 2 aromatic rings. The number of hydrogen-bond donors (Lipinski definition) is 1. The Hall–Kier alpha value is -1.92. The van der Waals surface area contributed by atoms with Crippen molar-refractivity contribution in [1.29, 1.82) is 0 Å². The molecule has 0 radical (unpaired) electrons. The van der Waals surface area contributed by atoms with Gasteiger partial charge in [-0.05, 0) is 38.0 Å². The van der Waals surface area contributed by atoms with E-state index < -0.39 is 6.10 Å². The molecule has 2 heterocycles. The van der Waals surface area contributed by atoms with Crippen LogP contribution in [0.5, 0.6) is 5.75 Å². The molecular formula is C17H20N2O3S. The van der Waals surface area contributed by atoms with Gasteiger partial charge < -0.3 is 14.7 Å². The Morgan fingerprint density at radius 2 is 2.26 bits per heavy atom. The maximum Gasteiger partial charge on any atom is 0.268 e. The van der Waals surface area contributed by atoms with Crippen LogP contribution in [0.25, 0.3) is 11.3 Å². The molecule has 5 nitrogen and oxygen atoms in total. The van der Waals surface area contributed by atoms with E-state index in [2.05, 4.69) is 4.98 Å². The highest BCUT2D eigenvalue weighted by molar-refractivity contribution is 7.09. The van der Waals surface area contributed by atoms with E-state index in [0.717, 1.165) is 22.0 Å². The maximum absolute atomic E-state index is 12.6. The molecule has 0 aliphatic carbocycles. The van der Waals surface area contributed by atoms with Crippen LogP contribution < -0.4 is 9.64 Å². The summed E-state index contributed by atoms with van der Waals surface area (Å²) in [7, 11) is 0. The summed E-state index contributed by atoms with van der Waals surface area (Å²) in [4.78, 5) is 18.8. The number of aryl methyl sites for hydroxylation is 1. The maximum atomic E-state index is 12.6. The van der Waals surface area contributed by atoms with Gasteiger partial charge in [0.2, 0.25) is 0 Å². The lowest BCUT2D eigenvalue weighted by Gasteiger charge is -2.34. The zero-order valence-electron chi connectivity index (χ0n) is 13.3. The lowest BCUT2D eigenvalue weighted by Crippen LogP contribution is -2.46. The fraction of sp³-hybridized carbons (Fsp3) is 0.412. The standard InChI is InChI=1S/C17H20N2O3S/c1-3-15-17(21)19(7-4-8-20)14-9-12(5-6-16(14)22-15)13-10-23-11(2)18-13/h5-6,9-10,15,20H,3-4,7-8H2,1-2H3. The number of amides is 1. The molecule has 0 spiro atoms. The number of ether oxygens (including phenoxy) is 1. The Morgan fingerprint density at radius 1 is 1.43 bits per heavy atom. The average molecular weight is 332 g/mol. The Bertz CT molecular complexity index is 714. The molecule has 0 saturated heterocycles. The molecule has 6 heteroatoms. The number of carbonyl (C=O) groups excluding carboxylic acids is 1. The summed E-state index contributed by atoms with van der Waals surface area (Å²) in [5.41, 5.74) is 2.63. The number of aliphatic hydroxyl groups excluding tert-OH is 1. The van der Waals surface area contributed by atoms with E-state index >= 15 is 0 Å². The molecule has 122 valence electrons. The normalized spacial score (nSPS) is 17.1. The number of anilines is 1. The van der Waals surface area contributed by atoms with E-state index in [0.29, 0.717) is 25.1 Å². The van der Waals surface area contributed by atoms with Gasteiger partial charge >= 0.3 is 0 Å². The van der Waals surface area contributed by atoms with Crippen molar-refractivity contribution in [2.45, 2.75) is 32.8 Å².